The van der Waals surface area contributed by atoms with Crippen molar-refractivity contribution in [1.82, 2.24) is 25.8 Å². The monoisotopic (exact) mass is 259 g/mol. The van der Waals surface area contributed by atoms with E-state index in [1.165, 1.54) is 0 Å². The molecule has 2 heterocycles. The molecule has 1 aromatic heterocycles. The van der Waals surface area contributed by atoms with Gasteiger partial charge in [0.05, 0.1) is 19.8 Å². The van der Waals surface area contributed by atoms with Gasteiger partial charge in [-0.25, -0.2) is 10.4 Å². The fourth-order valence-electron chi connectivity index (χ4n) is 2.11. The quantitative estimate of drug-likeness (QED) is 0.850. The molecule has 3 rings (SSSR count). The number of ether oxygens (including phenoxy) is 1. The molecular weight excluding hydrogens is 242 g/mol. The largest absolute Gasteiger partial charge is 0.379 e. The van der Waals surface area contributed by atoms with Crippen LogP contribution in [-0.2, 0) is 11.3 Å². The fourth-order valence-corrected chi connectivity index (χ4v) is 2.11. The fraction of sp³-hybridized carbons (Fsp3) is 0.385. The van der Waals surface area contributed by atoms with E-state index in [2.05, 4.69) is 25.8 Å². The molecule has 19 heavy (non-hydrogen) atoms. The maximum absolute atomic E-state index is 5.31. The van der Waals surface area contributed by atoms with Crippen LogP contribution < -0.4 is 5.43 Å². The van der Waals surface area contributed by atoms with Crippen molar-refractivity contribution in [2.75, 3.05) is 26.3 Å². The third kappa shape index (κ3) is 2.98. The zero-order valence-corrected chi connectivity index (χ0v) is 10.7. The number of H-pyrrole nitrogens is 1. The standard InChI is InChI=1S/C13H17N5O/c1-2-4-11(5-3-1)13-12(15-17-16-13)10-14-18-6-8-19-9-7-18/h1-5,14H,6-10H2,(H,15,16,17). The van der Waals surface area contributed by atoms with E-state index in [0.29, 0.717) is 6.54 Å². The summed E-state index contributed by atoms with van der Waals surface area (Å²) in [5.41, 5.74) is 6.28. The van der Waals surface area contributed by atoms with Gasteiger partial charge in [-0.05, 0) is 0 Å². The van der Waals surface area contributed by atoms with Crippen molar-refractivity contribution in [3.05, 3.63) is 36.0 Å². The number of benzene rings is 1. The summed E-state index contributed by atoms with van der Waals surface area (Å²) in [6, 6.07) is 10.1. The van der Waals surface area contributed by atoms with Crippen molar-refractivity contribution in [2.24, 2.45) is 0 Å². The highest BCUT2D eigenvalue weighted by Gasteiger charge is 2.13. The molecule has 2 N–H and O–H groups in total. The van der Waals surface area contributed by atoms with Gasteiger partial charge in [0.15, 0.2) is 0 Å². The molecule has 0 spiro atoms. The molecule has 100 valence electrons. The molecule has 1 saturated heterocycles. The van der Waals surface area contributed by atoms with Crippen molar-refractivity contribution < 1.29 is 4.74 Å². The van der Waals surface area contributed by atoms with Gasteiger partial charge in [0.2, 0.25) is 0 Å². The van der Waals surface area contributed by atoms with Crippen molar-refractivity contribution in [3.63, 3.8) is 0 Å². The molecule has 1 fully saturated rings. The Bertz CT molecular complexity index is 507. The first kappa shape index (κ1) is 12.3. The van der Waals surface area contributed by atoms with E-state index in [-0.39, 0.29) is 0 Å². The van der Waals surface area contributed by atoms with E-state index in [9.17, 15) is 0 Å². The van der Waals surface area contributed by atoms with Crippen molar-refractivity contribution >= 4 is 0 Å². The Kier molecular flexibility index (Phi) is 3.83. The number of nitrogens with zero attached hydrogens (tertiary/aromatic N) is 3. The van der Waals surface area contributed by atoms with E-state index in [0.717, 1.165) is 43.3 Å². The Morgan fingerprint density at radius 3 is 2.74 bits per heavy atom. The maximum Gasteiger partial charge on any atom is 0.117 e. The molecule has 0 amide bonds. The van der Waals surface area contributed by atoms with Crippen molar-refractivity contribution in [3.8, 4) is 11.3 Å². The van der Waals surface area contributed by atoms with Crippen LogP contribution in [0.4, 0.5) is 0 Å². The Labute approximate surface area is 111 Å². The number of hydrazine groups is 1. The van der Waals surface area contributed by atoms with Gasteiger partial charge in [-0.3, -0.25) is 0 Å². The normalized spacial score (nSPS) is 16.6. The molecule has 2 aromatic rings. The lowest BCUT2D eigenvalue weighted by Gasteiger charge is -2.26. The maximum atomic E-state index is 5.31. The number of aromatic amines is 1. The molecule has 6 heteroatoms. The lowest BCUT2D eigenvalue weighted by molar-refractivity contribution is 0.0104. The van der Waals surface area contributed by atoms with Gasteiger partial charge in [0.1, 0.15) is 11.4 Å². The van der Waals surface area contributed by atoms with Gasteiger partial charge in [-0.1, -0.05) is 30.3 Å². The molecule has 1 aliphatic rings. The SMILES string of the molecule is c1ccc(-c2n[nH]nc2CNN2CCOCC2)cc1. The second-order valence-electron chi connectivity index (χ2n) is 4.42. The highest BCUT2D eigenvalue weighted by Crippen LogP contribution is 2.18. The summed E-state index contributed by atoms with van der Waals surface area (Å²) in [5.74, 6) is 0. The summed E-state index contributed by atoms with van der Waals surface area (Å²) in [7, 11) is 0. The van der Waals surface area contributed by atoms with Crippen LogP contribution in [0.3, 0.4) is 0 Å². The second-order valence-corrected chi connectivity index (χ2v) is 4.42. The van der Waals surface area contributed by atoms with Gasteiger partial charge < -0.3 is 4.74 Å². The van der Waals surface area contributed by atoms with Crippen LogP contribution in [0.1, 0.15) is 5.69 Å². The third-order valence-electron chi connectivity index (χ3n) is 3.15. The summed E-state index contributed by atoms with van der Waals surface area (Å²) >= 11 is 0. The second kappa shape index (κ2) is 5.92. The molecule has 0 atom stereocenters. The number of hydrogen-bond donors (Lipinski definition) is 2. The van der Waals surface area contributed by atoms with Crippen LogP contribution in [0.15, 0.2) is 30.3 Å². The zero-order chi connectivity index (χ0) is 12.9. The zero-order valence-electron chi connectivity index (χ0n) is 10.7. The molecule has 0 radical (unpaired) electrons. The Hall–Kier alpha value is -1.76. The molecule has 6 nitrogen and oxygen atoms in total. The van der Waals surface area contributed by atoms with Gasteiger partial charge in [-0.2, -0.15) is 15.4 Å². The average molecular weight is 259 g/mol. The number of aromatic nitrogens is 3. The summed E-state index contributed by atoms with van der Waals surface area (Å²) in [6.07, 6.45) is 0. The minimum absolute atomic E-state index is 0.667. The minimum atomic E-state index is 0.667. The molecule has 1 aromatic carbocycles. The lowest BCUT2D eigenvalue weighted by atomic mass is 10.1. The predicted octanol–water partition coefficient (Wildman–Crippen LogP) is 0.808. The van der Waals surface area contributed by atoms with Gasteiger partial charge in [0.25, 0.3) is 0 Å². The van der Waals surface area contributed by atoms with Crippen LogP contribution in [-0.4, -0.2) is 46.7 Å². The average Bonchev–Trinajstić information content (AvgIpc) is 2.95. The first-order valence-corrected chi connectivity index (χ1v) is 6.45. The predicted molar refractivity (Wildman–Crippen MR) is 71.1 cm³/mol. The number of nitrogens with one attached hydrogen (secondary N) is 2. The van der Waals surface area contributed by atoms with E-state index in [1.54, 1.807) is 0 Å². The van der Waals surface area contributed by atoms with Gasteiger partial charge >= 0.3 is 0 Å². The van der Waals surface area contributed by atoms with Crippen molar-refractivity contribution in [1.29, 1.82) is 0 Å². The molecule has 0 unspecified atom stereocenters. The number of hydrogen-bond acceptors (Lipinski definition) is 5. The highest BCUT2D eigenvalue weighted by molar-refractivity contribution is 5.60. The third-order valence-corrected chi connectivity index (χ3v) is 3.15. The minimum Gasteiger partial charge on any atom is -0.379 e. The first-order chi connectivity index (χ1) is 9.43. The molecule has 1 aliphatic heterocycles. The molecular formula is C13H17N5O. The summed E-state index contributed by atoms with van der Waals surface area (Å²) in [4.78, 5) is 0. The Balaban J connectivity index is 1.67. The summed E-state index contributed by atoms with van der Waals surface area (Å²) in [6.45, 7) is 4.02. The molecule has 0 bridgehead atoms. The van der Waals surface area contributed by atoms with Crippen LogP contribution in [0.25, 0.3) is 11.3 Å². The molecule has 0 aliphatic carbocycles. The van der Waals surface area contributed by atoms with E-state index in [1.807, 2.05) is 30.3 Å². The van der Waals surface area contributed by atoms with E-state index < -0.39 is 0 Å². The topological polar surface area (TPSA) is 66.1 Å². The van der Waals surface area contributed by atoms with E-state index in [4.69, 9.17) is 4.74 Å². The van der Waals surface area contributed by atoms with Crippen LogP contribution in [0.5, 0.6) is 0 Å². The van der Waals surface area contributed by atoms with Crippen molar-refractivity contribution in [2.45, 2.75) is 6.54 Å². The number of rotatable bonds is 4. The Morgan fingerprint density at radius 2 is 1.95 bits per heavy atom. The Morgan fingerprint density at radius 1 is 1.16 bits per heavy atom. The van der Waals surface area contributed by atoms with Gasteiger partial charge in [-0.15, -0.1) is 0 Å². The smallest absolute Gasteiger partial charge is 0.117 e. The van der Waals surface area contributed by atoms with Crippen LogP contribution in [0, 0.1) is 0 Å². The van der Waals surface area contributed by atoms with Crippen LogP contribution in [0.2, 0.25) is 0 Å². The van der Waals surface area contributed by atoms with Crippen LogP contribution >= 0.6 is 0 Å². The van der Waals surface area contributed by atoms with E-state index >= 15 is 0 Å². The summed E-state index contributed by atoms with van der Waals surface area (Å²) < 4.78 is 5.31. The summed E-state index contributed by atoms with van der Waals surface area (Å²) in [5, 5.41) is 13.3. The first-order valence-electron chi connectivity index (χ1n) is 6.45. The highest BCUT2D eigenvalue weighted by atomic mass is 16.5. The lowest BCUT2D eigenvalue weighted by Crippen LogP contribution is -2.45. The number of morpholine rings is 1. The van der Waals surface area contributed by atoms with Gasteiger partial charge in [0, 0.05) is 18.7 Å². The molecule has 0 saturated carbocycles.